The molecule has 0 aliphatic carbocycles. The van der Waals surface area contributed by atoms with Gasteiger partial charge in [-0.15, -0.1) is 18.3 Å². The first-order valence-electron chi connectivity index (χ1n) is 10.2. The summed E-state index contributed by atoms with van der Waals surface area (Å²) in [4.78, 5) is 14.6. The Morgan fingerprint density at radius 1 is 1.22 bits per heavy atom. The summed E-state index contributed by atoms with van der Waals surface area (Å²) < 4.78 is 6.62. The highest BCUT2D eigenvalue weighted by molar-refractivity contribution is 8.00. The Bertz CT molecular complexity index is 578. The fourth-order valence-electron chi connectivity index (χ4n) is 2.62. The molecule has 0 amide bonds. The SMILES string of the molecule is C=CCC(Sc1ccccc1)C(=O)C(CCCCC)O[Si](C)(C)C(C)(C)C. The topological polar surface area (TPSA) is 26.3 Å². The van der Waals surface area contributed by atoms with Crippen LogP contribution in [0.2, 0.25) is 18.1 Å². The molecule has 0 aliphatic rings. The molecule has 0 saturated heterocycles. The van der Waals surface area contributed by atoms with E-state index in [1.54, 1.807) is 11.8 Å². The summed E-state index contributed by atoms with van der Waals surface area (Å²) in [5, 5.41) is -0.0436. The number of unbranched alkanes of at least 4 members (excludes halogenated alkanes) is 2. The molecule has 27 heavy (non-hydrogen) atoms. The number of rotatable bonds is 12. The van der Waals surface area contributed by atoms with Gasteiger partial charge in [-0.2, -0.15) is 0 Å². The van der Waals surface area contributed by atoms with E-state index in [-0.39, 0.29) is 22.2 Å². The van der Waals surface area contributed by atoms with E-state index in [0.29, 0.717) is 6.42 Å². The van der Waals surface area contributed by atoms with Crippen LogP contribution in [0.15, 0.2) is 47.9 Å². The van der Waals surface area contributed by atoms with Crippen molar-refractivity contribution >= 4 is 25.9 Å². The lowest BCUT2D eigenvalue weighted by atomic mass is 10.0. The van der Waals surface area contributed by atoms with Crippen molar-refractivity contribution < 1.29 is 9.22 Å². The first-order chi connectivity index (χ1) is 12.6. The summed E-state index contributed by atoms with van der Waals surface area (Å²) in [7, 11) is -2.01. The largest absolute Gasteiger partial charge is 0.407 e. The molecule has 0 saturated carbocycles. The van der Waals surface area contributed by atoms with Gasteiger partial charge < -0.3 is 4.43 Å². The zero-order valence-electron chi connectivity index (χ0n) is 18.1. The molecule has 0 fully saturated rings. The second-order valence-electron chi connectivity index (χ2n) is 8.71. The molecule has 152 valence electrons. The zero-order chi connectivity index (χ0) is 20.5. The minimum absolute atomic E-state index is 0.0940. The van der Waals surface area contributed by atoms with Crippen LogP contribution in [-0.4, -0.2) is 25.5 Å². The number of hydrogen-bond donors (Lipinski definition) is 0. The van der Waals surface area contributed by atoms with E-state index in [4.69, 9.17) is 4.43 Å². The van der Waals surface area contributed by atoms with Gasteiger partial charge in [0.2, 0.25) is 0 Å². The van der Waals surface area contributed by atoms with Gasteiger partial charge in [0.25, 0.3) is 0 Å². The third-order valence-electron chi connectivity index (χ3n) is 5.35. The summed E-state index contributed by atoms with van der Waals surface area (Å²) in [6.07, 6.45) is 6.37. The third kappa shape index (κ3) is 7.96. The molecule has 2 nitrogen and oxygen atoms in total. The first kappa shape index (κ1) is 24.2. The number of Topliss-reactive ketones (excluding diaryl/α,β-unsaturated/α-hetero) is 1. The maximum Gasteiger partial charge on any atom is 0.193 e. The molecule has 0 aromatic heterocycles. The van der Waals surface area contributed by atoms with Crippen LogP contribution in [0.4, 0.5) is 0 Å². The summed E-state index contributed by atoms with van der Waals surface area (Å²) >= 11 is 1.64. The fraction of sp³-hybridized carbons (Fsp3) is 0.609. The molecule has 1 aromatic carbocycles. The molecular formula is C23H38O2SSi. The predicted molar refractivity (Wildman–Crippen MR) is 122 cm³/mol. The summed E-state index contributed by atoms with van der Waals surface area (Å²) in [6.45, 7) is 17.2. The number of carbonyl (C=O) groups is 1. The van der Waals surface area contributed by atoms with Crippen molar-refractivity contribution in [3.8, 4) is 0 Å². The van der Waals surface area contributed by atoms with Gasteiger partial charge in [-0.3, -0.25) is 4.79 Å². The maximum absolute atomic E-state index is 13.5. The lowest BCUT2D eigenvalue weighted by Gasteiger charge is -2.39. The van der Waals surface area contributed by atoms with Gasteiger partial charge >= 0.3 is 0 Å². The highest BCUT2D eigenvalue weighted by Crippen LogP contribution is 2.39. The zero-order valence-corrected chi connectivity index (χ0v) is 19.9. The molecule has 4 heteroatoms. The van der Waals surface area contributed by atoms with Crippen LogP contribution in [-0.2, 0) is 9.22 Å². The van der Waals surface area contributed by atoms with Gasteiger partial charge in [0.1, 0.15) is 6.10 Å². The molecule has 2 atom stereocenters. The summed E-state index contributed by atoms with van der Waals surface area (Å²) in [6, 6.07) is 10.2. The van der Waals surface area contributed by atoms with Crippen molar-refractivity contribution in [3.05, 3.63) is 43.0 Å². The minimum Gasteiger partial charge on any atom is -0.407 e. The molecular weight excluding hydrogens is 368 g/mol. The Morgan fingerprint density at radius 2 is 1.85 bits per heavy atom. The van der Waals surface area contributed by atoms with Crippen LogP contribution in [0.1, 0.15) is 59.8 Å². The highest BCUT2D eigenvalue weighted by Gasteiger charge is 2.41. The van der Waals surface area contributed by atoms with Crippen molar-refractivity contribution in [2.75, 3.05) is 0 Å². The van der Waals surface area contributed by atoms with Crippen molar-refractivity contribution in [3.63, 3.8) is 0 Å². The minimum atomic E-state index is -2.01. The molecule has 0 radical (unpaired) electrons. The Hall–Kier alpha value is -0.843. The molecule has 0 aliphatic heterocycles. The molecule has 2 unspecified atom stereocenters. The Labute approximate surface area is 172 Å². The number of hydrogen-bond acceptors (Lipinski definition) is 3. The van der Waals surface area contributed by atoms with E-state index in [9.17, 15) is 4.79 Å². The van der Waals surface area contributed by atoms with E-state index < -0.39 is 8.32 Å². The Balaban J connectivity index is 3.00. The monoisotopic (exact) mass is 406 g/mol. The summed E-state index contributed by atoms with van der Waals surface area (Å²) in [5.41, 5.74) is 0. The number of allylic oxidation sites excluding steroid dienone is 1. The molecule has 1 rings (SSSR count). The van der Waals surface area contributed by atoms with Crippen molar-refractivity contribution in [1.29, 1.82) is 0 Å². The fourth-order valence-corrected chi connectivity index (χ4v) is 5.06. The number of thioether (sulfide) groups is 1. The smallest absolute Gasteiger partial charge is 0.193 e. The average molecular weight is 407 g/mol. The summed E-state index contributed by atoms with van der Waals surface area (Å²) in [5.74, 6) is 0.227. The van der Waals surface area contributed by atoms with Crippen LogP contribution in [0.5, 0.6) is 0 Å². The normalized spacial score (nSPS) is 14.6. The van der Waals surface area contributed by atoms with E-state index >= 15 is 0 Å². The average Bonchev–Trinajstić information content (AvgIpc) is 2.60. The van der Waals surface area contributed by atoms with E-state index in [1.165, 1.54) is 0 Å². The number of ketones is 1. The third-order valence-corrected chi connectivity index (χ3v) is 11.1. The highest BCUT2D eigenvalue weighted by atomic mass is 32.2. The van der Waals surface area contributed by atoms with Crippen molar-refractivity contribution in [2.45, 2.75) is 94.2 Å². The second kappa shape index (κ2) is 11.2. The standard InChI is InChI=1S/C23H38O2SSi/c1-8-10-12-18-20(25-27(6,7)23(3,4)5)22(24)21(15-9-2)26-19-16-13-11-14-17-19/h9,11,13-14,16-17,20-21H,2,8,10,12,15,18H2,1,3-7H3. The Kier molecular flexibility index (Phi) is 10.1. The van der Waals surface area contributed by atoms with Gasteiger partial charge in [-0.05, 0) is 43.1 Å². The van der Waals surface area contributed by atoms with Crippen LogP contribution < -0.4 is 0 Å². The van der Waals surface area contributed by atoms with Crippen molar-refractivity contribution in [2.24, 2.45) is 0 Å². The van der Waals surface area contributed by atoms with E-state index in [1.807, 2.05) is 24.3 Å². The van der Waals surface area contributed by atoms with Gasteiger partial charge in [0, 0.05) is 4.90 Å². The van der Waals surface area contributed by atoms with E-state index in [2.05, 4.69) is 59.5 Å². The quantitative estimate of drug-likeness (QED) is 0.158. The molecule has 0 spiro atoms. The van der Waals surface area contributed by atoms with Crippen LogP contribution in [0.25, 0.3) is 0 Å². The first-order valence-corrected chi connectivity index (χ1v) is 13.9. The van der Waals surface area contributed by atoms with Crippen LogP contribution in [0.3, 0.4) is 0 Å². The van der Waals surface area contributed by atoms with Gasteiger partial charge in [-0.25, -0.2) is 0 Å². The lowest BCUT2D eigenvalue weighted by molar-refractivity contribution is -0.126. The molecule has 0 heterocycles. The lowest BCUT2D eigenvalue weighted by Crippen LogP contribution is -2.47. The van der Waals surface area contributed by atoms with Crippen LogP contribution in [0, 0.1) is 0 Å². The maximum atomic E-state index is 13.5. The Morgan fingerprint density at radius 3 is 2.37 bits per heavy atom. The van der Waals surface area contributed by atoms with Gasteiger partial charge in [0.05, 0.1) is 5.25 Å². The number of benzene rings is 1. The molecule has 0 bridgehead atoms. The van der Waals surface area contributed by atoms with Gasteiger partial charge in [-0.1, -0.05) is 71.2 Å². The van der Waals surface area contributed by atoms with Gasteiger partial charge in [0.15, 0.2) is 14.1 Å². The second-order valence-corrected chi connectivity index (χ2v) is 14.7. The van der Waals surface area contributed by atoms with E-state index in [0.717, 1.165) is 30.6 Å². The predicted octanol–water partition coefficient (Wildman–Crippen LogP) is 7.26. The molecule has 1 aromatic rings. The van der Waals surface area contributed by atoms with Crippen molar-refractivity contribution in [1.82, 2.24) is 0 Å². The molecule has 0 N–H and O–H groups in total. The van der Waals surface area contributed by atoms with Crippen LogP contribution >= 0.6 is 11.8 Å². The number of carbonyl (C=O) groups excluding carboxylic acids is 1.